The number of nitrogens with zero attached hydrogens (tertiary/aromatic N) is 3. The van der Waals surface area contributed by atoms with Gasteiger partial charge in [0.2, 0.25) is 5.88 Å². The Labute approximate surface area is 172 Å². The van der Waals surface area contributed by atoms with Gasteiger partial charge in [0.1, 0.15) is 5.82 Å². The van der Waals surface area contributed by atoms with Crippen LogP contribution in [0.3, 0.4) is 0 Å². The molecular formula is C22H32BrN3O. The third kappa shape index (κ3) is 4.63. The van der Waals surface area contributed by atoms with Crippen LogP contribution in [0.15, 0.2) is 22.7 Å². The maximum absolute atomic E-state index is 5.62. The summed E-state index contributed by atoms with van der Waals surface area (Å²) in [7, 11) is 5.75. The standard InChI is InChI=1S/C22H32BrN3O/c1-9-14(4)19-11-10-16(22(24-19)27-8)20-18(23)12-17(15(5)13(2)3)21(25-20)26(6)7/h10-15H,9H2,1-8H3. The van der Waals surface area contributed by atoms with Crippen molar-refractivity contribution in [3.05, 3.63) is 33.9 Å². The number of hydrogen-bond donors (Lipinski definition) is 0. The summed E-state index contributed by atoms with van der Waals surface area (Å²) in [4.78, 5) is 11.8. The van der Waals surface area contributed by atoms with Crippen molar-refractivity contribution in [3.63, 3.8) is 0 Å². The van der Waals surface area contributed by atoms with Gasteiger partial charge in [-0.25, -0.2) is 9.97 Å². The van der Waals surface area contributed by atoms with Crippen molar-refractivity contribution in [2.24, 2.45) is 5.92 Å². The van der Waals surface area contributed by atoms with Crippen molar-refractivity contribution in [1.82, 2.24) is 9.97 Å². The molecule has 4 nitrogen and oxygen atoms in total. The van der Waals surface area contributed by atoms with E-state index >= 15 is 0 Å². The molecule has 0 saturated carbocycles. The van der Waals surface area contributed by atoms with Crippen molar-refractivity contribution in [1.29, 1.82) is 0 Å². The highest BCUT2D eigenvalue weighted by Gasteiger charge is 2.22. The Morgan fingerprint density at radius 1 is 1.11 bits per heavy atom. The predicted octanol–water partition coefficient (Wildman–Crippen LogP) is 6.25. The van der Waals surface area contributed by atoms with Crippen LogP contribution >= 0.6 is 15.9 Å². The number of anilines is 1. The van der Waals surface area contributed by atoms with Crippen LogP contribution in [0, 0.1) is 5.92 Å². The summed E-state index contributed by atoms with van der Waals surface area (Å²) in [5.41, 5.74) is 4.06. The first-order chi connectivity index (χ1) is 12.7. The predicted molar refractivity (Wildman–Crippen MR) is 118 cm³/mol. The first-order valence-corrected chi connectivity index (χ1v) is 10.4. The molecule has 2 heterocycles. The second kappa shape index (κ2) is 9.05. The Hall–Kier alpha value is -1.62. The summed E-state index contributed by atoms with van der Waals surface area (Å²) in [6.07, 6.45) is 1.05. The van der Waals surface area contributed by atoms with Gasteiger partial charge < -0.3 is 9.64 Å². The highest BCUT2D eigenvalue weighted by Crippen LogP contribution is 2.39. The van der Waals surface area contributed by atoms with E-state index in [1.165, 1.54) is 5.56 Å². The first-order valence-electron chi connectivity index (χ1n) is 9.64. The quantitative estimate of drug-likeness (QED) is 0.516. The highest BCUT2D eigenvalue weighted by molar-refractivity contribution is 9.10. The minimum atomic E-state index is 0.399. The molecule has 0 fully saturated rings. The largest absolute Gasteiger partial charge is 0.480 e. The summed E-state index contributed by atoms with van der Waals surface area (Å²) in [6, 6.07) is 6.36. The summed E-state index contributed by atoms with van der Waals surface area (Å²) in [5.74, 6) is 2.95. The molecule has 0 aliphatic heterocycles. The molecule has 2 aromatic rings. The smallest absolute Gasteiger partial charge is 0.222 e. The number of methoxy groups -OCH3 is 1. The molecule has 0 aliphatic carbocycles. The number of pyridine rings is 2. The zero-order valence-corrected chi connectivity index (χ0v) is 19.4. The Balaban J connectivity index is 2.64. The Kier molecular flexibility index (Phi) is 7.26. The molecule has 0 spiro atoms. The van der Waals surface area contributed by atoms with Crippen LogP contribution in [0.4, 0.5) is 5.82 Å². The number of ether oxygens (including phenoxy) is 1. The summed E-state index contributed by atoms with van der Waals surface area (Å²) < 4.78 is 6.59. The van der Waals surface area contributed by atoms with Crippen LogP contribution in [0.5, 0.6) is 5.88 Å². The van der Waals surface area contributed by atoms with Gasteiger partial charge in [-0.2, -0.15) is 0 Å². The Bertz CT molecular complexity index is 789. The van der Waals surface area contributed by atoms with Crippen molar-refractivity contribution in [3.8, 4) is 17.1 Å². The fourth-order valence-corrected chi connectivity index (χ4v) is 3.56. The van der Waals surface area contributed by atoms with Crippen LogP contribution in [-0.4, -0.2) is 31.2 Å². The van der Waals surface area contributed by atoms with Crippen molar-refractivity contribution < 1.29 is 4.74 Å². The maximum Gasteiger partial charge on any atom is 0.222 e. The van der Waals surface area contributed by atoms with Gasteiger partial charge in [0.05, 0.1) is 18.4 Å². The molecule has 2 atom stereocenters. The molecular weight excluding hydrogens is 402 g/mol. The van der Waals surface area contributed by atoms with Gasteiger partial charge in [-0.05, 0) is 63.9 Å². The third-order valence-electron chi connectivity index (χ3n) is 5.35. The van der Waals surface area contributed by atoms with E-state index < -0.39 is 0 Å². The minimum Gasteiger partial charge on any atom is -0.480 e. The van der Waals surface area contributed by atoms with Gasteiger partial charge in [0, 0.05) is 24.3 Å². The lowest BCUT2D eigenvalue weighted by Crippen LogP contribution is -2.17. The number of rotatable bonds is 7. The topological polar surface area (TPSA) is 38.2 Å². The molecule has 0 aromatic carbocycles. The van der Waals surface area contributed by atoms with E-state index in [1.807, 2.05) is 14.1 Å². The lowest BCUT2D eigenvalue weighted by Gasteiger charge is -2.24. The van der Waals surface area contributed by atoms with Crippen molar-refractivity contribution in [2.45, 2.75) is 52.9 Å². The van der Waals surface area contributed by atoms with Crippen LogP contribution in [0.1, 0.15) is 64.1 Å². The van der Waals surface area contributed by atoms with E-state index in [9.17, 15) is 0 Å². The van der Waals surface area contributed by atoms with E-state index in [4.69, 9.17) is 14.7 Å². The molecule has 0 amide bonds. The van der Waals surface area contributed by atoms with Crippen LogP contribution in [0.2, 0.25) is 0 Å². The van der Waals surface area contributed by atoms with Crippen molar-refractivity contribution in [2.75, 3.05) is 26.1 Å². The lowest BCUT2D eigenvalue weighted by molar-refractivity contribution is 0.396. The zero-order valence-electron chi connectivity index (χ0n) is 17.8. The Morgan fingerprint density at radius 3 is 2.30 bits per heavy atom. The highest BCUT2D eigenvalue weighted by atomic mass is 79.9. The van der Waals surface area contributed by atoms with Crippen LogP contribution in [-0.2, 0) is 0 Å². The van der Waals surface area contributed by atoms with Gasteiger partial charge in [0.15, 0.2) is 0 Å². The van der Waals surface area contributed by atoms with E-state index in [-0.39, 0.29) is 0 Å². The SMILES string of the molecule is CCC(C)c1ccc(-c2nc(N(C)C)c(C(C)C(C)C)cc2Br)c(OC)n1. The molecule has 2 unspecified atom stereocenters. The monoisotopic (exact) mass is 433 g/mol. The van der Waals surface area contributed by atoms with Gasteiger partial charge >= 0.3 is 0 Å². The molecule has 0 bridgehead atoms. The molecule has 5 heteroatoms. The molecule has 2 rings (SSSR count). The fourth-order valence-electron chi connectivity index (χ4n) is 3.01. The fraction of sp³-hybridized carbons (Fsp3) is 0.545. The van der Waals surface area contributed by atoms with Gasteiger partial charge in [-0.1, -0.05) is 34.6 Å². The van der Waals surface area contributed by atoms with E-state index in [0.29, 0.717) is 23.6 Å². The van der Waals surface area contributed by atoms with E-state index in [2.05, 4.69) is 73.6 Å². The molecule has 0 aliphatic rings. The third-order valence-corrected chi connectivity index (χ3v) is 5.95. The average molecular weight is 434 g/mol. The van der Waals surface area contributed by atoms with Gasteiger partial charge in [-0.15, -0.1) is 0 Å². The number of hydrogen-bond acceptors (Lipinski definition) is 4. The van der Waals surface area contributed by atoms with E-state index in [1.54, 1.807) is 7.11 Å². The normalized spacial score (nSPS) is 13.6. The summed E-state index contributed by atoms with van der Waals surface area (Å²) in [5, 5.41) is 0. The maximum atomic E-state index is 5.62. The average Bonchev–Trinajstić information content (AvgIpc) is 2.65. The van der Waals surface area contributed by atoms with Crippen molar-refractivity contribution >= 4 is 21.7 Å². The number of aromatic nitrogens is 2. The van der Waals surface area contributed by atoms with Gasteiger partial charge in [0.25, 0.3) is 0 Å². The molecule has 0 radical (unpaired) electrons. The molecule has 27 heavy (non-hydrogen) atoms. The minimum absolute atomic E-state index is 0.399. The van der Waals surface area contributed by atoms with E-state index in [0.717, 1.165) is 33.7 Å². The second-order valence-corrected chi connectivity index (χ2v) is 8.62. The van der Waals surface area contributed by atoms with Gasteiger partial charge in [-0.3, -0.25) is 0 Å². The zero-order chi connectivity index (χ0) is 20.3. The summed E-state index contributed by atoms with van der Waals surface area (Å²) >= 11 is 3.74. The first kappa shape index (κ1) is 21.7. The molecule has 148 valence electrons. The molecule has 2 aromatic heterocycles. The molecule has 0 N–H and O–H groups in total. The Morgan fingerprint density at radius 2 is 1.78 bits per heavy atom. The van der Waals surface area contributed by atoms with Crippen LogP contribution < -0.4 is 9.64 Å². The second-order valence-electron chi connectivity index (χ2n) is 7.76. The summed E-state index contributed by atoms with van der Waals surface area (Å²) in [6.45, 7) is 11.1. The lowest BCUT2D eigenvalue weighted by atomic mass is 9.90. The molecule has 0 saturated heterocycles. The number of halogens is 1. The van der Waals surface area contributed by atoms with Crippen LogP contribution in [0.25, 0.3) is 11.3 Å².